The first-order valence-electron chi connectivity index (χ1n) is 5.82. The van der Waals surface area contributed by atoms with Gasteiger partial charge in [-0.1, -0.05) is 35.3 Å². The molecule has 1 unspecified atom stereocenters. The molecule has 100 valence electrons. The van der Waals surface area contributed by atoms with Gasteiger partial charge in [-0.3, -0.25) is 0 Å². The number of halogens is 3. The number of hydrogen-bond acceptors (Lipinski definition) is 2. The number of aromatic nitrogens is 1. The maximum Gasteiger partial charge on any atom is 0.154 e. The molecule has 2 aromatic rings. The van der Waals surface area contributed by atoms with Crippen molar-refractivity contribution in [3.05, 3.63) is 55.3 Å². The molecule has 1 aromatic heterocycles. The lowest BCUT2D eigenvalue weighted by molar-refractivity contribution is 0.880. The summed E-state index contributed by atoms with van der Waals surface area (Å²) < 4.78 is 1.22. The Kier molecular flexibility index (Phi) is 4.92. The largest absolute Gasteiger partial charge is 0.376 e. The van der Waals surface area contributed by atoms with E-state index in [1.165, 1.54) is 9.13 Å². The fourth-order valence-electron chi connectivity index (χ4n) is 1.82. The molecule has 1 heterocycles. The van der Waals surface area contributed by atoms with Crippen molar-refractivity contribution in [2.75, 3.05) is 5.32 Å². The molecule has 0 saturated heterocycles. The van der Waals surface area contributed by atoms with E-state index in [9.17, 15) is 0 Å². The van der Waals surface area contributed by atoms with E-state index in [4.69, 9.17) is 23.2 Å². The second-order valence-corrected chi connectivity index (χ2v) is 6.34. The standard InChI is InChI=1S/C14H13Cl2IN2/c1-8-7-12(15)19-14(16)13(8)18-9(2)10-3-5-11(17)6-4-10/h3-7,9,18H,1-2H3. The fourth-order valence-corrected chi connectivity index (χ4v) is 2.77. The van der Waals surface area contributed by atoms with Crippen LogP contribution < -0.4 is 5.32 Å². The Bertz CT molecular complexity index is 561. The Morgan fingerprint density at radius 3 is 2.42 bits per heavy atom. The second kappa shape index (κ2) is 6.29. The van der Waals surface area contributed by atoms with Crippen LogP contribution in [0, 0.1) is 10.5 Å². The van der Waals surface area contributed by atoms with E-state index in [0.29, 0.717) is 10.3 Å². The first-order valence-corrected chi connectivity index (χ1v) is 7.65. The number of nitrogens with zero attached hydrogens (tertiary/aromatic N) is 1. The van der Waals surface area contributed by atoms with Gasteiger partial charge in [0, 0.05) is 9.61 Å². The molecule has 2 nitrogen and oxygen atoms in total. The van der Waals surface area contributed by atoms with Crippen molar-refractivity contribution in [3.63, 3.8) is 0 Å². The van der Waals surface area contributed by atoms with Crippen molar-refractivity contribution >= 4 is 51.5 Å². The number of pyridine rings is 1. The van der Waals surface area contributed by atoms with Gasteiger partial charge in [-0.25, -0.2) is 4.98 Å². The van der Waals surface area contributed by atoms with Gasteiger partial charge in [0.2, 0.25) is 0 Å². The predicted octanol–water partition coefficient (Wildman–Crippen LogP) is 5.47. The lowest BCUT2D eigenvalue weighted by atomic mass is 10.1. The molecule has 5 heteroatoms. The van der Waals surface area contributed by atoms with Crippen molar-refractivity contribution in [2.24, 2.45) is 0 Å². The zero-order valence-corrected chi connectivity index (χ0v) is 14.2. The molecule has 0 spiro atoms. The summed E-state index contributed by atoms with van der Waals surface area (Å²) in [6.45, 7) is 4.05. The number of anilines is 1. The van der Waals surface area contributed by atoms with E-state index in [2.05, 4.69) is 64.1 Å². The molecule has 0 radical (unpaired) electrons. The number of rotatable bonds is 3. The summed E-state index contributed by atoms with van der Waals surface area (Å²) in [5.41, 5.74) is 3.02. The van der Waals surface area contributed by atoms with Gasteiger partial charge in [-0.05, 0) is 65.8 Å². The highest BCUT2D eigenvalue weighted by Crippen LogP contribution is 2.30. The van der Waals surface area contributed by atoms with Crippen LogP contribution in [-0.2, 0) is 0 Å². The number of benzene rings is 1. The number of nitrogens with one attached hydrogen (secondary N) is 1. The van der Waals surface area contributed by atoms with E-state index in [1.807, 2.05) is 6.92 Å². The van der Waals surface area contributed by atoms with Gasteiger partial charge in [0.1, 0.15) is 5.15 Å². The van der Waals surface area contributed by atoms with E-state index in [1.54, 1.807) is 6.07 Å². The summed E-state index contributed by atoms with van der Waals surface area (Å²) in [6, 6.07) is 10.3. The molecular weight excluding hydrogens is 394 g/mol. The van der Waals surface area contributed by atoms with Crippen molar-refractivity contribution in [1.29, 1.82) is 0 Å². The normalized spacial score (nSPS) is 12.3. The number of aryl methyl sites for hydroxylation is 1. The Hall–Kier alpha value is -0.520. The van der Waals surface area contributed by atoms with Gasteiger partial charge in [-0.2, -0.15) is 0 Å². The van der Waals surface area contributed by atoms with Gasteiger partial charge >= 0.3 is 0 Å². The average Bonchev–Trinajstić information content (AvgIpc) is 2.34. The van der Waals surface area contributed by atoms with Crippen LogP contribution in [-0.4, -0.2) is 4.98 Å². The predicted molar refractivity (Wildman–Crippen MR) is 90.2 cm³/mol. The van der Waals surface area contributed by atoms with Gasteiger partial charge < -0.3 is 5.32 Å². The van der Waals surface area contributed by atoms with Gasteiger partial charge in [-0.15, -0.1) is 0 Å². The van der Waals surface area contributed by atoms with Crippen LogP contribution in [0.5, 0.6) is 0 Å². The third-order valence-corrected chi connectivity index (χ3v) is 4.06. The Balaban J connectivity index is 2.24. The van der Waals surface area contributed by atoms with Crippen LogP contribution in [0.15, 0.2) is 30.3 Å². The molecule has 2 rings (SSSR count). The minimum atomic E-state index is 0.149. The molecule has 19 heavy (non-hydrogen) atoms. The molecule has 0 fully saturated rings. The molecule has 0 aliphatic heterocycles. The third-order valence-electron chi connectivity index (χ3n) is 2.87. The quantitative estimate of drug-likeness (QED) is 0.539. The van der Waals surface area contributed by atoms with Crippen LogP contribution in [0.25, 0.3) is 0 Å². The SMILES string of the molecule is Cc1cc(Cl)nc(Cl)c1NC(C)c1ccc(I)cc1. The summed E-state index contributed by atoms with van der Waals surface area (Å²) in [6.07, 6.45) is 0. The minimum Gasteiger partial charge on any atom is -0.376 e. The highest BCUT2D eigenvalue weighted by atomic mass is 127. The summed E-state index contributed by atoms with van der Waals surface area (Å²) in [4.78, 5) is 4.06. The van der Waals surface area contributed by atoms with Crippen LogP contribution in [0.2, 0.25) is 10.3 Å². The fraction of sp³-hybridized carbons (Fsp3) is 0.214. The van der Waals surface area contributed by atoms with Crippen LogP contribution in [0.1, 0.15) is 24.1 Å². The Morgan fingerprint density at radius 2 is 1.84 bits per heavy atom. The first kappa shape index (κ1) is 14.9. The molecule has 0 aliphatic rings. The lowest BCUT2D eigenvalue weighted by Gasteiger charge is -2.18. The van der Waals surface area contributed by atoms with E-state index in [-0.39, 0.29) is 6.04 Å². The molecular formula is C14H13Cl2IN2. The highest BCUT2D eigenvalue weighted by molar-refractivity contribution is 14.1. The van der Waals surface area contributed by atoms with Crippen molar-refractivity contribution in [1.82, 2.24) is 4.98 Å². The lowest BCUT2D eigenvalue weighted by Crippen LogP contribution is -2.08. The molecule has 1 N–H and O–H groups in total. The molecule has 1 aromatic carbocycles. The maximum atomic E-state index is 6.13. The second-order valence-electron chi connectivity index (χ2n) is 4.35. The van der Waals surface area contributed by atoms with Gasteiger partial charge in [0.25, 0.3) is 0 Å². The monoisotopic (exact) mass is 406 g/mol. The molecule has 0 amide bonds. The van der Waals surface area contributed by atoms with Gasteiger partial charge in [0.15, 0.2) is 5.15 Å². The van der Waals surface area contributed by atoms with Crippen LogP contribution in [0.3, 0.4) is 0 Å². The zero-order valence-electron chi connectivity index (χ0n) is 10.5. The highest BCUT2D eigenvalue weighted by Gasteiger charge is 2.11. The van der Waals surface area contributed by atoms with Crippen LogP contribution >= 0.6 is 45.8 Å². The van der Waals surface area contributed by atoms with Crippen molar-refractivity contribution in [3.8, 4) is 0 Å². The van der Waals surface area contributed by atoms with E-state index >= 15 is 0 Å². The average molecular weight is 407 g/mol. The molecule has 1 atom stereocenters. The summed E-state index contributed by atoms with van der Waals surface area (Å²) >= 11 is 14.3. The summed E-state index contributed by atoms with van der Waals surface area (Å²) in [7, 11) is 0. The molecule has 0 saturated carbocycles. The molecule has 0 aliphatic carbocycles. The zero-order chi connectivity index (χ0) is 14.0. The Morgan fingerprint density at radius 1 is 1.21 bits per heavy atom. The van der Waals surface area contributed by atoms with E-state index in [0.717, 1.165) is 11.3 Å². The summed E-state index contributed by atoms with van der Waals surface area (Å²) in [5, 5.41) is 4.20. The number of hydrogen-bond donors (Lipinski definition) is 1. The van der Waals surface area contributed by atoms with Crippen molar-refractivity contribution < 1.29 is 0 Å². The van der Waals surface area contributed by atoms with Crippen molar-refractivity contribution in [2.45, 2.75) is 19.9 Å². The maximum absolute atomic E-state index is 6.13. The van der Waals surface area contributed by atoms with Gasteiger partial charge in [0.05, 0.1) is 5.69 Å². The van der Waals surface area contributed by atoms with E-state index < -0.39 is 0 Å². The molecule has 0 bridgehead atoms. The third kappa shape index (κ3) is 3.74. The first-order chi connectivity index (χ1) is 8.97. The summed E-state index contributed by atoms with van der Waals surface area (Å²) in [5.74, 6) is 0. The Labute approximate surface area is 136 Å². The minimum absolute atomic E-state index is 0.149. The smallest absolute Gasteiger partial charge is 0.154 e. The topological polar surface area (TPSA) is 24.9 Å². The van der Waals surface area contributed by atoms with Crippen LogP contribution in [0.4, 0.5) is 5.69 Å².